The van der Waals surface area contributed by atoms with Crippen LogP contribution < -0.4 is 0 Å². The number of rotatable bonds is 4. The van der Waals surface area contributed by atoms with Crippen molar-refractivity contribution in [1.29, 1.82) is 0 Å². The number of carbonyl (C=O) groups is 1. The van der Waals surface area contributed by atoms with Gasteiger partial charge in [0.25, 0.3) is 0 Å². The van der Waals surface area contributed by atoms with E-state index in [0.717, 1.165) is 0 Å². The number of benzene rings is 1. The molecule has 0 aliphatic carbocycles. The third-order valence-electron chi connectivity index (χ3n) is 2.41. The third-order valence-corrected chi connectivity index (χ3v) is 2.41. The Balaban J connectivity index is 2.92. The molecule has 0 unspecified atom stereocenters. The summed E-state index contributed by atoms with van der Waals surface area (Å²) >= 11 is 0. The Morgan fingerprint density at radius 1 is 1.25 bits per heavy atom. The number of aliphatic hydroxyl groups excluding tert-OH is 1. The van der Waals surface area contributed by atoms with Gasteiger partial charge in [0.05, 0.1) is 0 Å². The Bertz CT molecular complexity index is 388. The summed E-state index contributed by atoms with van der Waals surface area (Å²) in [7, 11) is 0. The Morgan fingerprint density at radius 2 is 1.81 bits per heavy atom. The molecule has 1 aromatic carbocycles. The number of hydrogen-bond acceptors (Lipinski definition) is 2. The maximum atomic E-state index is 11.8. The van der Waals surface area contributed by atoms with Crippen molar-refractivity contribution in [3.05, 3.63) is 41.5 Å². The molecule has 0 aliphatic heterocycles. The lowest BCUT2D eigenvalue weighted by molar-refractivity contribution is -0.116. The van der Waals surface area contributed by atoms with Crippen LogP contribution in [-0.4, -0.2) is 10.9 Å². The standard InChI is InChI=1S/C14H18O2/c1-10(2)9-13(15)11(3)14(16)12-7-5-4-6-8-12/h4-8,10,16H,9H2,1-3H3/b14-11-. The molecular weight excluding hydrogens is 200 g/mol. The van der Waals surface area contributed by atoms with Crippen LogP contribution in [0.3, 0.4) is 0 Å². The van der Waals surface area contributed by atoms with Gasteiger partial charge in [0, 0.05) is 17.6 Å². The second-order valence-corrected chi connectivity index (χ2v) is 4.36. The highest BCUT2D eigenvalue weighted by atomic mass is 16.3. The number of ketones is 1. The highest BCUT2D eigenvalue weighted by Gasteiger charge is 2.12. The lowest BCUT2D eigenvalue weighted by Crippen LogP contribution is -2.06. The minimum Gasteiger partial charge on any atom is -0.507 e. The first-order valence-corrected chi connectivity index (χ1v) is 5.50. The quantitative estimate of drug-likeness (QED) is 0.619. The molecule has 16 heavy (non-hydrogen) atoms. The van der Waals surface area contributed by atoms with Crippen LogP contribution in [0.2, 0.25) is 0 Å². The number of hydrogen-bond donors (Lipinski definition) is 1. The number of aliphatic hydroxyl groups is 1. The molecule has 0 saturated heterocycles. The van der Waals surface area contributed by atoms with Gasteiger partial charge in [-0.15, -0.1) is 0 Å². The number of carbonyl (C=O) groups excluding carboxylic acids is 1. The molecule has 1 rings (SSSR count). The molecule has 0 aliphatic rings. The molecule has 0 spiro atoms. The van der Waals surface area contributed by atoms with Gasteiger partial charge in [-0.25, -0.2) is 0 Å². The van der Waals surface area contributed by atoms with Crippen LogP contribution in [0, 0.1) is 5.92 Å². The molecule has 0 radical (unpaired) electrons. The second-order valence-electron chi connectivity index (χ2n) is 4.36. The zero-order valence-electron chi connectivity index (χ0n) is 10.0. The first-order chi connectivity index (χ1) is 7.52. The van der Waals surface area contributed by atoms with Crippen LogP contribution in [-0.2, 0) is 4.79 Å². The molecule has 1 N–H and O–H groups in total. The summed E-state index contributed by atoms with van der Waals surface area (Å²) in [6, 6.07) is 9.14. The first kappa shape index (κ1) is 12.5. The van der Waals surface area contributed by atoms with Gasteiger partial charge in [0.15, 0.2) is 5.78 Å². The molecule has 2 heteroatoms. The summed E-state index contributed by atoms with van der Waals surface area (Å²) in [5, 5.41) is 9.93. The Labute approximate surface area is 96.6 Å². The maximum Gasteiger partial charge on any atom is 0.162 e. The smallest absolute Gasteiger partial charge is 0.162 e. The van der Waals surface area contributed by atoms with Gasteiger partial charge in [-0.2, -0.15) is 0 Å². The zero-order valence-corrected chi connectivity index (χ0v) is 10.0. The molecule has 0 bridgehead atoms. The molecule has 0 fully saturated rings. The number of allylic oxidation sites excluding steroid dienone is 1. The molecule has 0 atom stereocenters. The lowest BCUT2D eigenvalue weighted by Gasteiger charge is -2.07. The van der Waals surface area contributed by atoms with Crippen molar-refractivity contribution in [2.75, 3.05) is 0 Å². The third kappa shape index (κ3) is 3.23. The predicted molar refractivity (Wildman–Crippen MR) is 66.1 cm³/mol. The van der Waals surface area contributed by atoms with E-state index in [9.17, 15) is 9.90 Å². The highest BCUT2D eigenvalue weighted by Crippen LogP contribution is 2.18. The predicted octanol–water partition coefficient (Wildman–Crippen LogP) is 3.59. The fourth-order valence-electron chi connectivity index (χ4n) is 1.47. The van der Waals surface area contributed by atoms with Crippen LogP contribution in [0.4, 0.5) is 0 Å². The van der Waals surface area contributed by atoms with E-state index in [2.05, 4.69) is 0 Å². The number of Topliss-reactive ketones (excluding diaryl/α,β-unsaturated/α-hetero) is 1. The van der Waals surface area contributed by atoms with Crippen LogP contribution in [0.15, 0.2) is 35.9 Å². The molecule has 0 aromatic heterocycles. The summed E-state index contributed by atoms with van der Waals surface area (Å²) in [4.78, 5) is 11.8. The molecular formula is C14H18O2. The monoisotopic (exact) mass is 218 g/mol. The Hall–Kier alpha value is -1.57. The van der Waals surface area contributed by atoms with Crippen molar-refractivity contribution in [3.63, 3.8) is 0 Å². The molecule has 2 nitrogen and oxygen atoms in total. The summed E-state index contributed by atoms with van der Waals surface area (Å²) in [5.74, 6) is 0.411. The van der Waals surface area contributed by atoms with E-state index < -0.39 is 0 Å². The average Bonchev–Trinajstić information content (AvgIpc) is 2.27. The SMILES string of the molecule is C/C(C(=O)CC(C)C)=C(/O)c1ccccc1. The van der Waals surface area contributed by atoms with Crippen molar-refractivity contribution < 1.29 is 9.90 Å². The van der Waals surface area contributed by atoms with Crippen molar-refractivity contribution in [2.45, 2.75) is 27.2 Å². The molecule has 86 valence electrons. The lowest BCUT2D eigenvalue weighted by atomic mass is 9.99. The van der Waals surface area contributed by atoms with Crippen LogP contribution in [0.25, 0.3) is 5.76 Å². The van der Waals surface area contributed by atoms with Gasteiger partial charge in [-0.1, -0.05) is 44.2 Å². The fraction of sp³-hybridized carbons (Fsp3) is 0.357. The molecule has 0 saturated carbocycles. The van der Waals surface area contributed by atoms with E-state index in [0.29, 0.717) is 23.5 Å². The summed E-state index contributed by atoms with van der Waals surface area (Å²) < 4.78 is 0. The van der Waals surface area contributed by atoms with Crippen LogP contribution >= 0.6 is 0 Å². The van der Waals surface area contributed by atoms with Gasteiger partial charge >= 0.3 is 0 Å². The van der Waals surface area contributed by atoms with Gasteiger partial charge < -0.3 is 5.11 Å². The summed E-state index contributed by atoms with van der Waals surface area (Å²) in [5.41, 5.74) is 1.14. The van der Waals surface area contributed by atoms with Crippen LogP contribution in [0.1, 0.15) is 32.8 Å². The Kier molecular flexibility index (Phi) is 4.29. The summed E-state index contributed by atoms with van der Waals surface area (Å²) in [6.45, 7) is 5.66. The van der Waals surface area contributed by atoms with Gasteiger partial charge in [-0.05, 0) is 12.8 Å². The van der Waals surface area contributed by atoms with Gasteiger partial charge in [-0.3, -0.25) is 4.79 Å². The molecule has 1 aromatic rings. The van der Waals surface area contributed by atoms with E-state index in [1.165, 1.54) is 0 Å². The minimum atomic E-state index is 0.0105. The van der Waals surface area contributed by atoms with E-state index in [4.69, 9.17) is 0 Å². The van der Waals surface area contributed by atoms with Crippen molar-refractivity contribution >= 4 is 11.5 Å². The van der Waals surface area contributed by atoms with Gasteiger partial charge in [0.2, 0.25) is 0 Å². The Morgan fingerprint density at radius 3 is 2.31 bits per heavy atom. The fourth-order valence-corrected chi connectivity index (χ4v) is 1.47. The van der Waals surface area contributed by atoms with Gasteiger partial charge in [0.1, 0.15) is 5.76 Å². The van der Waals surface area contributed by atoms with Crippen molar-refractivity contribution in [2.24, 2.45) is 5.92 Å². The normalized spacial score (nSPS) is 12.5. The largest absolute Gasteiger partial charge is 0.507 e. The first-order valence-electron chi connectivity index (χ1n) is 5.50. The average molecular weight is 218 g/mol. The second kappa shape index (κ2) is 5.50. The van der Waals surface area contributed by atoms with E-state index in [1.54, 1.807) is 19.1 Å². The highest BCUT2D eigenvalue weighted by molar-refractivity contribution is 6.00. The minimum absolute atomic E-state index is 0.0105. The molecule has 0 heterocycles. The summed E-state index contributed by atoms with van der Waals surface area (Å²) in [6.07, 6.45) is 0.475. The van der Waals surface area contributed by atoms with E-state index in [-0.39, 0.29) is 11.5 Å². The van der Waals surface area contributed by atoms with E-state index in [1.807, 2.05) is 32.0 Å². The van der Waals surface area contributed by atoms with Crippen molar-refractivity contribution in [1.82, 2.24) is 0 Å². The van der Waals surface area contributed by atoms with E-state index >= 15 is 0 Å². The zero-order chi connectivity index (χ0) is 12.1. The van der Waals surface area contributed by atoms with Crippen molar-refractivity contribution in [3.8, 4) is 0 Å². The van der Waals surface area contributed by atoms with Crippen LogP contribution in [0.5, 0.6) is 0 Å². The molecule has 0 amide bonds. The maximum absolute atomic E-state index is 11.8. The topological polar surface area (TPSA) is 37.3 Å².